The highest BCUT2D eigenvalue weighted by molar-refractivity contribution is 6.30. The third kappa shape index (κ3) is 3.73. The molecule has 136 valence electrons. The fourth-order valence-corrected chi connectivity index (χ4v) is 3.29. The molecule has 0 radical (unpaired) electrons. The predicted octanol–water partition coefficient (Wildman–Crippen LogP) is 4.38. The number of furan rings is 1. The molecule has 0 bridgehead atoms. The smallest absolute Gasteiger partial charge is 0.289 e. The number of carbonyl (C=O) groups excluding carboxylic acids is 2. The molecule has 1 aliphatic rings. The van der Waals surface area contributed by atoms with E-state index in [0.29, 0.717) is 35.1 Å². The van der Waals surface area contributed by atoms with E-state index in [1.165, 1.54) is 11.8 Å². The number of nitrogens with one attached hydrogen (secondary N) is 1. The fourth-order valence-electron chi connectivity index (χ4n) is 3.17. The topological polar surface area (TPSA) is 62.6 Å². The second kappa shape index (κ2) is 7.29. The van der Waals surface area contributed by atoms with E-state index in [0.717, 1.165) is 12.0 Å². The second-order valence-corrected chi connectivity index (χ2v) is 6.83. The molecular weight excluding hydrogens is 364 g/mol. The first-order valence-corrected chi connectivity index (χ1v) is 8.99. The lowest BCUT2D eigenvalue weighted by Crippen LogP contribution is -2.35. The van der Waals surface area contributed by atoms with E-state index in [1.54, 1.807) is 41.3 Å². The van der Waals surface area contributed by atoms with Crippen LogP contribution in [0.2, 0.25) is 5.02 Å². The van der Waals surface area contributed by atoms with Crippen LogP contribution in [0.3, 0.4) is 0 Å². The van der Waals surface area contributed by atoms with E-state index < -0.39 is 0 Å². The van der Waals surface area contributed by atoms with Gasteiger partial charge in [-0.2, -0.15) is 0 Å². The lowest BCUT2D eigenvalue weighted by molar-refractivity contribution is 0.0702. The summed E-state index contributed by atoms with van der Waals surface area (Å²) in [6.07, 6.45) is 2.27. The van der Waals surface area contributed by atoms with Gasteiger partial charge in [0.05, 0.1) is 6.26 Å². The summed E-state index contributed by atoms with van der Waals surface area (Å²) in [5, 5.41) is 3.48. The average Bonchev–Trinajstić information content (AvgIpc) is 3.22. The Morgan fingerprint density at radius 3 is 2.59 bits per heavy atom. The summed E-state index contributed by atoms with van der Waals surface area (Å²) in [5.41, 5.74) is 3.44. The summed E-state index contributed by atoms with van der Waals surface area (Å²) < 4.78 is 5.21. The molecule has 0 aliphatic carbocycles. The molecule has 5 nitrogen and oxygen atoms in total. The number of rotatable bonds is 3. The molecule has 6 heteroatoms. The number of amides is 2. The Balaban J connectivity index is 1.50. The quantitative estimate of drug-likeness (QED) is 0.733. The van der Waals surface area contributed by atoms with Crippen molar-refractivity contribution in [2.45, 2.75) is 13.0 Å². The number of hydrogen-bond donors (Lipinski definition) is 1. The zero-order valence-electron chi connectivity index (χ0n) is 14.4. The van der Waals surface area contributed by atoms with Gasteiger partial charge < -0.3 is 14.6 Å². The third-order valence-corrected chi connectivity index (χ3v) is 4.85. The Bertz CT molecular complexity index is 981. The van der Waals surface area contributed by atoms with Gasteiger partial charge in [-0.05, 0) is 66.1 Å². The number of benzene rings is 2. The number of carbonyl (C=O) groups is 2. The van der Waals surface area contributed by atoms with Crippen molar-refractivity contribution < 1.29 is 14.0 Å². The monoisotopic (exact) mass is 380 g/mol. The molecule has 2 aromatic carbocycles. The van der Waals surface area contributed by atoms with Gasteiger partial charge in [0.25, 0.3) is 11.8 Å². The minimum Gasteiger partial charge on any atom is -0.459 e. The van der Waals surface area contributed by atoms with Crippen LogP contribution in [0.1, 0.15) is 32.0 Å². The molecular formula is C21H17ClN2O3. The highest BCUT2D eigenvalue weighted by Crippen LogP contribution is 2.24. The van der Waals surface area contributed by atoms with Gasteiger partial charge in [0.15, 0.2) is 5.76 Å². The number of nitrogens with zero attached hydrogens (tertiary/aromatic N) is 1. The first kappa shape index (κ1) is 17.4. The van der Waals surface area contributed by atoms with Crippen molar-refractivity contribution in [1.29, 1.82) is 0 Å². The molecule has 0 spiro atoms. The largest absolute Gasteiger partial charge is 0.459 e. The molecule has 1 aromatic heterocycles. The first-order chi connectivity index (χ1) is 13.1. The Morgan fingerprint density at radius 2 is 1.85 bits per heavy atom. The maximum Gasteiger partial charge on any atom is 0.289 e. The predicted molar refractivity (Wildman–Crippen MR) is 103 cm³/mol. The lowest BCUT2D eigenvalue weighted by Gasteiger charge is -2.28. The fraction of sp³-hybridized carbons (Fsp3) is 0.143. The van der Waals surface area contributed by atoms with Crippen LogP contribution < -0.4 is 5.32 Å². The van der Waals surface area contributed by atoms with Crippen molar-refractivity contribution in [1.82, 2.24) is 4.90 Å². The van der Waals surface area contributed by atoms with Gasteiger partial charge in [0.1, 0.15) is 0 Å². The normalized spacial score (nSPS) is 13.1. The van der Waals surface area contributed by atoms with Gasteiger partial charge in [-0.25, -0.2) is 0 Å². The van der Waals surface area contributed by atoms with Crippen molar-refractivity contribution in [3.63, 3.8) is 0 Å². The van der Waals surface area contributed by atoms with E-state index in [2.05, 4.69) is 5.32 Å². The summed E-state index contributed by atoms with van der Waals surface area (Å²) in [6.45, 7) is 1.13. The van der Waals surface area contributed by atoms with Gasteiger partial charge >= 0.3 is 0 Å². The minimum absolute atomic E-state index is 0.124. The molecule has 27 heavy (non-hydrogen) atoms. The van der Waals surface area contributed by atoms with E-state index >= 15 is 0 Å². The maximum absolute atomic E-state index is 12.5. The van der Waals surface area contributed by atoms with Crippen molar-refractivity contribution in [3.8, 4) is 0 Å². The van der Waals surface area contributed by atoms with Crippen molar-refractivity contribution in [2.75, 3.05) is 11.9 Å². The summed E-state index contributed by atoms with van der Waals surface area (Å²) >= 11 is 5.86. The Hall–Kier alpha value is -3.05. The number of fused-ring (bicyclic) bond motifs is 1. The third-order valence-electron chi connectivity index (χ3n) is 4.60. The van der Waals surface area contributed by atoms with Crippen LogP contribution in [0.15, 0.2) is 65.3 Å². The zero-order valence-corrected chi connectivity index (χ0v) is 15.2. The van der Waals surface area contributed by atoms with Crippen LogP contribution in [0.4, 0.5) is 5.69 Å². The van der Waals surface area contributed by atoms with Crippen LogP contribution in [0, 0.1) is 0 Å². The summed E-state index contributed by atoms with van der Waals surface area (Å²) in [7, 11) is 0. The lowest BCUT2D eigenvalue weighted by atomic mass is 9.98. The summed E-state index contributed by atoms with van der Waals surface area (Å²) in [4.78, 5) is 26.6. The van der Waals surface area contributed by atoms with Crippen LogP contribution in [-0.4, -0.2) is 23.3 Å². The highest BCUT2D eigenvalue weighted by atomic mass is 35.5. The molecule has 0 atom stereocenters. The van der Waals surface area contributed by atoms with Gasteiger partial charge in [0.2, 0.25) is 0 Å². The standard InChI is InChI=1S/C21H17ClN2O3/c22-17-6-3-15(4-7-17)20(25)23-18-8-5-14-9-10-24(13-16(14)12-18)21(26)19-2-1-11-27-19/h1-8,11-12H,9-10,13H2,(H,23,25). The van der Waals surface area contributed by atoms with Crippen molar-refractivity contribution >= 4 is 29.1 Å². The van der Waals surface area contributed by atoms with Gasteiger partial charge in [0, 0.05) is 29.4 Å². The maximum atomic E-state index is 12.5. The van der Waals surface area contributed by atoms with E-state index in [-0.39, 0.29) is 11.8 Å². The SMILES string of the molecule is O=C(Nc1ccc2c(c1)CN(C(=O)c1ccco1)CC2)c1ccc(Cl)cc1. The molecule has 1 aliphatic heterocycles. The van der Waals surface area contributed by atoms with Crippen LogP contribution in [-0.2, 0) is 13.0 Å². The van der Waals surface area contributed by atoms with Gasteiger partial charge in [-0.1, -0.05) is 17.7 Å². The minimum atomic E-state index is -0.203. The Morgan fingerprint density at radius 1 is 1.04 bits per heavy atom. The number of halogens is 1. The van der Waals surface area contributed by atoms with Crippen molar-refractivity contribution in [2.24, 2.45) is 0 Å². The number of anilines is 1. The summed E-state index contributed by atoms with van der Waals surface area (Å²) in [5.74, 6) is 0.0119. The molecule has 0 unspecified atom stereocenters. The van der Waals surface area contributed by atoms with Crippen LogP contribution in [0.25, 0.3) is 0 Å². The Labute approximate surface area is 161 Å². The van der Waals surface area contributed by atoms with Gasteiger partial charge in [-0.15, -0.1) is 0 Å². The Kier molecular flexibility index (Phi) is 4.69. The van der Waals surface area contributed by atoms with E-state index in [4.69, 9.17) is 16.0 Å². The molecule has 4 rings (SSSR count). The molecule has 0 fully saturated rings. The highest BCUT2D eigenvalue weighted by Gasteiger charge is 2.23. The van der Waals surface area contributed by atoms with E-state index in [9.17, 15) is 9.59 Å². The zero-order chi connectivity index (χ0) is 18.8. The van der Waals surface area contributed by atoms with Crippen LogP contribution >= 0.6 is 11.6 Å². The first-order valence-electron chi connectivity index (χ1n) is 8.61. The van der Waals surface area contributed by atoms with Crippen LogP contribution in [0.5, 0.6) is 0 Å². The van der Waals surface area contributed by atoms with Crippen molar-refractivity contribution in [3.05, 3.63) is 88.3 Å². The second-order valence-electron chi connectivity index (χ2n) is 6.40. The average molecular weight is 381 g/mol. The molecule has 0 saturated heterocycles. The number of hydrogen-bond acceptors (Lipinski definition) is 3. The molecule has 2 heterocycles. The van der Waals surface area contributed by atoms with E-state index in [1.807, 2.05) is 18.2 Å². The van der Waals surface area contributed by atoms with Gasteiger partial charge in [-0.3, -0.25) is 9.59 Å². The molecule has 2 amide bonds. The molecule has 0 saturated carbocycles. The molecule has 3 aromatic rings. The summed E-state index contributed by atoms with van der Waals surface area (Å²) in [6, 6.07) is 15.9. The molecule has 1 N–H and O–H groups in total.